The Labute approximate surface area is 81.7 Å². The third kappa shape index (κ3) is 6.62. The zero-order valence-corrected chi connectivity index (χ0v) is 9.30. The van der Waals surface area contributed by atoms with Gasteiger partial charge in [-0.2, -0.15) is 0 Å². The summed E-state index contributed by atoms with van der Waals surface area (Å²) in [6.07, 6.45) is 2.88. The average molecular weight is 186 g/mol. The minimum absolute atomic E-state index is 0.0571. The summed E-state index contributed by atoms with van der Waals surface area (Å²) in [7, 11) is 0. The topological polar surface area (TPSA) is 26.3 Å². The molecule has 2 nitrogen and oxygen atoms in total. The van der Waals surface area contributed by atoms with Crippen LogP contribution in [-0.2, 0) is 9.53 Å². The van der Waals surface area contributed by atoms with Gasteiger partial charge >= 0.3 is 5.97 Å². The van der Waals surface area contributed by atoms with Crippen molar-refractivity contribution in [1.29, 1.82) is 0 Å². The molecule has 0 aliphatic carbocycles. The fraction of sp³-hybridized carbons (Fsp3) is 0.909. The van der Waals surface area contributed by atoms with E-state index in [0.717, 1.165) is 6.42 Å². The Kier molecular flexibility index (Phi) is 6.65. The summed E-state index contributed by atoms with van der Waals surface area (Å²) in [6.45, 7) is 8.86. The third-order valence-corrected chi connectivity index (χ3v) is 2.32. The van der Waals surface area contributed by atoms with Crippen LogP contribution in [0.15, 0.2) is 0 Å². The summed E-state index contributed by atoms with van der Waals surface area (Å²) >= 11 is 0. The number of hydrogen-bond donors (Lipinski definition) is 0. The smallest absolute Gasteiger partial charge is 0.306 e. The molecule has 2 atom stereocenters. The number of esters is 1. The second-order valence-corrected chi connectivity index (χ2v) is 3.86. The van der Waals surface area contributed by atoms with Crippen molar-refractivity contribution in [2.45, 2.75) is 47.0 Å². The lowest BCUT2D eigenvalue weighted by Crippen LogP contribution is -2.11. The number of carbonyl (C=O) groups is 1. The second-order valence-electron chi connectivity index (χ2n) is 3.86. The summed E-state index contributed by atoms with van der Waals surface area (Å²) in [5.74, 6) is 1.11. The van der Waals surface area contributed by atoms with Crippen molar-refractivity contribution in [1.82, 2.24) is 0 Å². The Bertz CT molecular complexity index is 143. The van der Waals surface area contributed by atoms with Gasteiger partial charge in [-0.25, -0.2) is 0 Å². The van der Waals surface area contributed by atoms with Crippen molar-refractivity contribution in [2.24, 2.45) is 11.8 Å². The Balaban J connectivity index is 3.60. The number of carbonyl (C=O) groups excluding carboxylic acids is 1. The molecule has 0 heterocycles. The first kappa shape index (κ1) is 12.5. The van der Waals surface area contributed by atoms with Gasteiger partial charge in [0, 0.05) is 6.42 Å². The summed E-state index contributed by atoms with van der Waals surface area (Å²) in [4.78, 5) is 11.1. The van der Waals surface area contributed by atoms with Crippen molar-refractivity contribution in [3.05, 3.63) is 0 Å². The average Bonchev–Trinajstić information content (AvgIpc) is 2.04. The number of ether oxygens (including phenoxy) is 1. The van der Waals surface area contributed by atoms with Gasteiger partial charge in [-0.15, -0.1) is 0 Å². The van der Waals surface area contributed by atoms with Gasteiger partial charge in [-0.05, 0) is 25.2 Å². The second kappa shape index (κ2) is 6.93. The minimum atomic E-state index is -0.0571. The Morgan fingerprint density at radius 2 is 1.85 bits per heavy atom. The van der Waals surface area contributed by atoms with Crippen molar-refractivity contribution in [3.63, 3.8) is 0 Å². The quantitative estimate of drug-likeness (QED) is 0.596. The van der Waals surface area contributed by atoms with Gasteiger partial charge < -0.3 is 4.74 Å². The first-order valence-corrected chi connectivity index (χ1v) is 5.25. The van der Waals surface area contributed by atoms with E-state index >= 15 is 0 Å². The van der Waals surface area contributed by atoms with Gasteiger partial charge in [-0.1, -0.05) is 27.2 Å². The highest BCUT2D eigenvalue weighted by molar-refractivity contribution is 5.69. The van der Waals surface area contributed by atoms with Crippen LogP contribution in [0.1, 0.15) is 47.0 Å². The highest BCUT2D eigenvalue weighted by Crippen LogP contribution is 2.17. The maximum Gasteiger partial charge on any atom is 0.306 e. The molecule has 0 aromatic carbocycles. The number of rotatable bonds is 6. The molecular formula is C11H22O2. The summed E-state index contributed by atoms with van der Waals surface area (Å²) in [5.41, 5.74) is 0. The van der Waals surface area contributed by atoms with Crippen LogP contribution in [0.2, 0.25) is 0 Å². The van der Waals surface area contributed by atoms with Gasteiger partial charge in [0.1, 0.15) is 0 Å². The van der Waals surface area contributed by atoms with Gasteiger partial charge in [0.05, 0.1) is 6.61 Å². The molecule has 13 heavy (non-hydrogen) atoms. The molecule has 0 bridgehead atoms. The molecule has 2 heteroatoms. The predicted octanol–water partition coefficient (Wildman–Crippen LogP) is 3.01. The van der Waals surface area contributed by atoms with E-state index in [1.807, 2.05) is 6.92 Å². The Morgan fingerprint density at radius 1 is 1.23 bits per heavy atom. The van der Waals surface area contributed by atoms with Crippen LogP contribution in [0.25, 0.3) is 0 Å². The lowest BCUT2D eigenvalue weighted by molar-refractivity contribution is -0.144. The molecule has 0 saturated carbocycles. The van der Waals surface area contributed by atoms with E-state index in [0.29, 0.717) is 24.9 Å². The minimum Gasteiger partial charge on any atom is -0.466 e. The van der Waals surface area contributed by atoms with Gasteiger partial charge in [0.25, 0.3) is 0 Å². The Hall–Kier alpha value is -0.530. The molecule has 0 aliphatic rings. The van der Waals surface area contributed by atoms with Crippen LogP contribution in [-0.4, -0.2) is 12.6 Å². The molecule has 78 valence electrons. The molecule has 0 aliphatic heterocycles. The molecular weight excluding hydrogens is 164 g/mol. The normalized spacial score (nSPS) is 15.1. The SMILES string of the molecule is CCOC(=O)C[C@@H](C)C[C@@H](C)CC. The van der Waals surface area contributed by atoms with Crippen LogP contribution in [0.5, 0.6) is 0 Å². The van der Waals surface area contributed by atoms with Gasteiger partial charge in [0.15, 0.2) is 0 Å². The van der Waals surface area contributed by atoms with E-state index in [2.05, 4.69) is 20.8 Å². The van der Waals surface area contributed by atoms with Gasteiger partial charge in [-0.3, -0.25) is 4.79 Å². The maximum absolute atomic E-state index is 11.1. The summed E-state index contributed by atoms with van der Waals surface area (Å²) < 4.78 is 4.89. The zero-order chi connectivity index (χ0) is 10.3. The molecule has 0 amide bonds. The molecule has 0 radical (unpaired) electrons. The van der Waals surface area contributed by atoms with E-state index in [1.165, 1.54) is 6.42 Å². The zero-order valence-electron chi connectivity index (χ0n) is 9.30. The van der Waals surface area contributed by atoms with E-state index in [1.54, 1.807) is 0 Å². The highest BCUT2D eigenvalue weighted by Gasteiger charge is 2.12. The standard InChI is InChI=1S/C11H22O2/c1-5-9(3)7-10(4)8-11(12)13-6-2/h9-10H,5-8H2,1-4H3/t9-,10-/m0/s1. The molecule has 0 aromatic heterocycles. The van der Waals surface area contributed by atoms with E-state index in [-0.39, 0.29) is 5.97 Å². The molecule has 0 fully saturated rings. The number of hydrogen-bond acceptors (Lipinski definition) is 2. The van der Waals surface area contributed by atoms with E-state index < -0.39 is 0 Å². The first-order valence-electron chi connectivity index (χ1n) is 5.25. The highest BCUT2D eigenvalue weighted by atomic mass is 16.5. The lowest BCUT2D eigenvalue weighted by Gasteiger charge is -2.14. The maximum atomic E-state index is 11.1. The fourth-order valence-electron chi connectivity index (χ4n) is 1.44. The lowest BCUT2D eigenvalue weighted by atomic mass is 9.93. The van der Waals surface area contributed by atoms with Crippen LogP contribution in [0.4, 0.5) is 0 Å². The molecule has 0 saturated heterocycles. The van der Waals surface area contributed by atoms with Crippen molar-refractivity contribution in [3.8, 4) is 0 Å². The molecule has 0 unspecified atom stereocenters. The fourth-order valence-corrected chi connectivity index (χ4v) is 1.44. The van der Waals surface area contributed by atoms with Crippen molar-refractivity contribution >= 4 is 5.97 Å². The predicted molar refractivity (Wildman–Crippen MR) is 54.5 cm³/mol. The molecule has 0 N–H and O–H groups in total. The summed E-state index contributed by atoms with van der Waals surface area (Å²) in [5, 5.41) is 0. The largest absolute Gasteiger partial charge is 0.466 e. The van der Waals surface area contributed by atoms with Gasteiger partial charge in [0.2, 0.25) is 0 Å². The van der Waals surface area contributed by atoms with Crippen molar-refractivity contribution < 1.29 is 9.53 Å². The van der Waals surface area contributed by atoms with Crippen LogP contribution >= 0.6 is 0 Å². The summed E-state index contributed by atoms with van der Waals surface area (Å²) in [6, 6.07) is 0. The molecule has 0 spiro atoms. The van der Waals surface area contributed by atoms with Crippen LogP contribution in [0, 0.1) is 11.8 Å². The monoisotopic (exact) mass is 186 g/mol. The van der Waals surface area contributed by atoms with Crippen LogP contribution < -0.4 is 0 Å². The van der Waals surface area contributed by atoms with Crippen molar-refractivity contribution in [2.75, 3.05) is 6.61 Å². The first-order chi connectivity index (χ1) is 6.10. The third-order valence-electron chi connectivity index (χ3n) is 2.32. The molecule has 0 rings (SSSR count). The Morgan fingerprint density at radius 3 is 2.31 bits per heavy atom. The molecule has 0 aromatic rings. The van der Waals surface area contributed by atoms with Crippen LogP contribution in [0.3, 0.4) is 0 Å². The van der Waals surface area contributed by atoms with E-state index in [9.17, 15) is 4.79 Å². The van der Waals surface area contributed by atoms with E-state index in [4.69, 9.17) is 4.74 Å².